The molecule has 4 heteroatoms. The van der Waals surface area contributed by atoms with Crippen LogP contribution in [-0.4, -0.2) is 46.3 Å². The lowest BCUT2D eigenvalue weighted by atomic mass is 10.0. The van der Waals surface area contributed by atoms with Gasteiger partial charge in [0, 0.05) is 18.6 Å². The van der Waals surface area contributed by atoms with Crippen LogP contribution in [0.1, 0.15) is 26.7 Å². The van der Waals surface area contributed by atoms with E-state index in [0.29, 0.717) is 12.6 Å². The van der Waals surface area contributed by atoms with Gasteiger partial charge in [0.25, 0.3) is 0 Å². The van der Waals surface area contributed by atoms with Crippen LogP contribution in [0.2, 0.25) is 0 Å². The van der Waals surface area contributed by atoms with Gasteiger partial charge in [-0.1, -0.05) is 6.92 Å². The van der Waals surface area contributed by atoms with E-state index in [2.05, 4.69) is 4.90 Å². The number of rotatable bonds is 6. The minimum atomic E-state index is -0.763. The minimum Gasteiger partial charge on any atom is -0.481 e. The van der Waals surface area contributed by atoms with Crippen molar-refractivity contribution in [2.45, 2.75) is 38.8 Å². The average molecular weight is 201 g/mol. The predicted molar refractivity (Wildman–Crippen MR) is 53.1 cm³/mol. The highest BCUT2D eigenvalue weighted by atomic mass is 16.4. The first kappa shape index (κ1) is 11.5. The van der Waals surface area contributed by atoms with Crippen LogP contribution in [0.25, 0.3) is 0 Å². The van der Waals surface area contributed by atoms with E-state index in [-0.39, 0.29) is 18.6 Å². The Hall–Kier alpha value is -0.610. The van der Waals surface area contributed by atoms with Gasteiger partial charge in [0.2, 0.25) is 0 Å². The molecule has 0 heterocycles. The van der Waals surface area contributed by atoms with Crippen molar-refractivity contribution in [3.8, 4) is 0 Å². The van der Waals surface area contributed by atoms with Crippen molar-refractivity contribution in [1.29, 1.82) is 0 Å². The molecular weight excluding hydrogens is 182 g/mol. The summed E-state index contributed by atoms with van der Waals surface area (Å²) in [5.41, 5.74) is 0. The average Bonchev–Trinajstić information content (AvgIpc) is 2.95. The molecule has 1 rings (SSSR count). The number of aliphatic carboxylic acids is 1. The van der Waals surface area contributed by atoms with E-state index in [1.54, 1.807) is 6.92 Å². The fourth-order valence-corrected chi connectivity index (χ4v) is 1.73. The minimum absolute atomic E-state index is 0.00662. The number of carboxylic acids is 1. The molecule has 0 aromatic heterocycles. The zero-order valence-corrected chi connectivity index (χ0v) is 8.81. The quantitative estimate of drug-likeness (QED) is 0.659. The summed E-state index contributed by atoms with van der Waals surface area (Å²) in [5, 5.41) is 17.8. The number of carbonyl (C=O) groups is 1. The topological polar surface area (TPSA) is 60.8 Å². The number of hydrogen-bond acceptors (Lipinski definition) is 3. The van der Waals surface area contributed by atoms with Crippen molar-refractivity contribution >= 4 is 5.97 Å². The van der Waals surface area contributed by atoms with E-state index in [1.807, 2.05) is 6.92 Å². The first-order chi connectivity index (χ1) is 6.57. The standard InChI is InChI=1S/C10H19NO3/c1-7(10(13)14)8(2)11(5-6-12)9-3-4-9/h7-9,12H,3-6H2,1-2H3,(H,13,14). The molecule has 14 heavy (non-hydrogen) atoms. The molecule has 2 atom stereocenters. The van der Waals surface area contributed by atoms with Crippen molar-refractivity contribution in [2.75, 3.05) is 13.2 Å². The Balaban J connectivity index is 2.52. The van der Waals surface area contributed by atoms with Crippen LogP contribution in [0.15, 0.2) is 0 Å². The maximum Gasteiger partial charge on any atom is 0.307 e. The summed E-state index contributed by atoms with van der Waals surface area (Å²) in [6, 6.07) is 0.506. The van der Waals surface area contributed by atoms with Gasteiger partial charge in [-0.2, -0.15) is 0 Å². The second kappa shape index (κ2) is 4.75. The molecule has 82 valence electrons. The number of aliphatic hydroxyl groups excluding tert-OH is 1. The summed E-state index contributed by atoms with van der Waals surface area (Å²) in [5.74, 6) is -1.14. The lowest BCUT2D eigenvalue weighted by Gasteiger charge is -2.30. The van der Waals surface area contributed by atoms with E-state index < -0.39 is 5.97 Å². The van der Waals surface area contributed by atoms with Crippen molar-refractivity contribution in [1.82, 2.24) is 4.90 Å². The van der Waals surface area contributed by atoms with Crippen LogP contribution in [0.3, 0.4) is 0 Å². The molecule has 0 spiro atoms. The fourth-order valence-electron chi connectivity index (χ4n) is 1.73. The molecular formula is C10H19NO3. The Morgan fingerprint density at radius 2 is 2.07 bits per heavy atom. The highest BCUT2D eigenvalue weighted by molar-refractivity contribution is 5.70. The fraction of sp³-hybridized carbons (Fsp3) is 0.900. The van der Waals surface area contributed by atoms with Gasteiger partial charge in [-0.25, -0.2) is 0 Å². The van der Waals surface area contributed by atoms with Crippen LogP contribution < -0.4 is 0 Å². The molecule has 1 fully saturated rings. The normalized spacial score (nSPS) is 20.9. The van der Waals surface area contributed by atoms with Crippen molar-refractivity contribution in [2.24, 2.45) is 5.92 Å². The summed E-state index contributed by atoms with van der Waals surface area (Å²) in [4.78, 5) is 12.9. The summed E-state index contributed by atoms with van der Waals surface area (Å²) >= 11 is 0. The Bertz CT molecular complexity index is 204. The molecule has 1 aliphatic rings. The lowest BCUT2D eigenvalue weighted by Crippen LogP contribution is -2.43. The van der Waals surface area contributed by atoms with E-state index in [1.165, 1.54) is 0 Å². The van der Waals surface area contributed by atoms with Crippen molar-refractivity contribution in [3.63, 3.8) is 0 Å². The molecule has 2 unspecified atom stereocenters. The third-order valence-corrected chi connectivity index (χ3v) is 3.01. The van der Waals surface area contributed by atoms with Gasteiger partial charge >= 0.3 is 5.97 Å². The summed E-state index contributed by atoms with van der Waals surface area (Å²) in [6.45, 7) is 4.34. The molecule has 0 saturated heterocycles. The van der Waals surface area contributed by atoms with Crippen LogP contribution in [-0.2, 0) is 4.79 Å². The van der Waals surface area contributed by atoms with Gasteiger partial charge in [0.1, 0.15) is 0 Å². The predicted octanol–water partition coefficient (Wildman–Crippen LogP) is 0.552. The van der Waals surface area contributed by atoms with Crippen LogP contribution >= 0.6 is 0 Å². The molecule has 0 aliphatic heterocycles. The van der Waals surface area contributed by atoms with Gasteiger partial charge in [-0.3, -0.25) is 9.69 Å². The molecule has 0 amide bonds. The Morgan fingerprint density at radius 1 is 1.50 bits per heavy atom. The van der Waals surface area contributed by atoms with Gasteiger partial charge in [-0.15, -0.1) is 0 Å². The molecule has 1 aliphatic carbocycles. The monoisotopic (exact) mass is 201 g/mol. The maximum absolute atomic E-state index is 10.8. The molecule has 4 nitrogen and oxygen atoms in total. The third-order valence-electron chi connectivity index (χ3n) is 3.01. The largest absolute Gasteiger partial charge is 0.481 e. The molecule has 1 saturated carbocycles. The second-order valence-corrected chi connectivity index (χ2v) is 4.06. The first-order valence-corrected chi connectivity index (χ1v) is 5.17. The Kier molecular flexibility index (Phi) is 3.89. The van der Waals surface area contributed by atoms with E-state index in [0.717, 1.165) is 12.8 Å². The smallest absolute Gasteiger partial charge is 0.307 e. The number of nitrogens with zero attached hydrogens (tertiary/aromatic N) is 1. The zero-order chi connectivity index (χ0) is 10.7. The van der Waals surface area contributed by atoms with E-state index >= 15 is 0 Å². The molecule has 0 radical (unpaired) electrons. The Labute approximate surface area is 84.5 Å². The highest BCUT2D eigenvalue weighted by Gasteiger charge is 2.35. The maximum atomic E-state index is 10.8. The summed E-state index contributed by atoms with van der Waals surface area (Å²) < 4.78 is 0. The molecule has 0 aromatic carbocycles. The Morgan fingerprint density at radius 3 is 2.43 bits per heavy atom. The number of hydrogen-bond donors (Lipinski definition) is 2. The van der Waals surface area contributed by atoms with Crippen LogP contribution in [0.5, 0.6) is 0 Å². The highest BCUT2D eigenvalue weighted by Crippen LogP contribution is 2.30. The number of aliphatic hydroxyl groups is 1. The van der Waals surface area contributed by atoms with Crippen molar-refractivity contribution in [3.05, 3.63) is 0 Å². The molecule has 0 bridgehead atoms. The van der Waals surface area contributed by atoms with Gasteiger partial charge < -0.3 is 10.2 Å². The molecule has 0 aromatic rings. The summed E-state index contributed by atoms with van der Waals surface area (Å²) in [7, 11) is 0. The number of carboxylic acid groups (broad SMARTS) is 1. The summed E-state index contributed by atoms with van der Waals surface area (Å²) in [6.07, 6.45) is 2.27. The first-order valence-electron chi connectivity index (χ1n) is 5.17. The SMILES string of the molecule is CC(C(=O)O)C(C)N(CCO)C1CC1. The van der Waals surface area contributed by atoms with Gasteiger partial charge in [0.15, 0.2) is 0 Å². The zero-order valence-electron chi connectivity index (χ0n) is 8.81. The van der Waals surface area contributed by atoms with E-state index in [4.69, 9.17) is 10.2 Å². The van der Waals surface area contributed by atoms with Crippen LogP contribution in [0.4, 0.5) is 0 Å². The van der Waals surface area contributed by atoms with Gasteiger partial charge in [0.05, 0.1) is 12.5 Å². The second-order valence-electron chi connectivity index (χ2n) is 4.06. The van der Waals surface area contributed by atoms with E-state index in [9.17, 15) is 4.79 Å². The van der Waals surface area contributed by atoms with Gasteiger partial charge in [-0.05, 0) is 19.8 Å². The lowest BCUT2D eigenvalue weighted by molar-refractivity contribution is -0.143. The van der Waals surface area contributed by atoms with Crippen molar-refractivity contribution < 1.29 is 15.0 Å². The molecule has 2 N–H and O–H groups in total. The third kappa shape index (κ3) is 2.69. The van der Waals surface area contributed by atoms with Crippen LogP contribution in [0, 0.1) is 5.92 Å².